The third-order valence-electron chi connectivity index (χ3n) is 9.46. The van der Waals surface area contributed by atoms with Crippen molar-refractivity contribution in [2.24, 2.45) is 17.8 Å². The van der Waals surface area contributed by atoms with Crippen molar-refractivity contribution in [3.8, 4) is 11.5 Å². The minimum absolute atomic E-state index is 0.00154. The summed E-state index contributed by atoms with van der Waals surface area (Å²) in [4.78, 5) is 51.2. The number of anilines is 1. The number of nitrogens with zero attached hydrogens (tertiary/aromatic N) is 2. The Labute approximate surface area is 290 Å². The van der Waals surface area contributed by atoms with Gasteiger partial charge in [-0.25, -0.2) is 26.9 Å². The number of amides is 4. The Balaban J connectivity index is 1.64. The zero-order valence-electron chi connectivity index (χ0n) is 24.1. The molecule has 0 radical (unpaired) electrons. The highest BCUT2D eigenvalue weighted by atomic mass is 79.9. The molecule has 6 rings (SSSR count). The molecule has 250 valence electrons. The molecule has 17 heteroatoms. The number of benzene rings is 2. The van der Waals surface area contributed by atoms with E-state index in [1.54, 1.807) is 13.0 Å². The lowest BCUT2D eigenvalue weighted by Crippen LogP contribution is -2.60. The maximum absolute atomic E-state index is 15.2. The number of carbonyl (C=O) groups excluding carboxylic acids is 4. The van der Waals surface area contributed by atoms with Gasteiger partial charge in [-0.05, 0) is 68.7 Å². The van der Waals surface area contributed by atoms with Gasteiger partial charge in [0, 0.05) is 16.9 Å². The second-order valence-corrected chi connectivity index (χ2v) is 14.5. The van der Waals surface area contributed by atoms with Crippen molar-refractivity contribution in [2.75, 3.05) is 18.6 Å². The second kappa shape index (κ2) is 11.4. The highest BCUT2D eigenvalue weighted by Gasteiger charge is 2.77. The van der Waals surface area contributed by atoms with E-state index in [0.717, 1.165) is 4.90 Å². The standard InChI is InChI=1S/C30H21Br2Cl2F5N2O6/c1-3-6-40-25(43)10-5-4-9-12(14(10)26(40)44)8-29(33)27(45)41(23-21(38)19(36)18(35)20(37)22(23)39)28(46)30(29,34)15(9)11-7-13(47-2)24(42)17(32)16(11)31/h4,7,10,12,14-15,42H,3,5-6,8H2,1-2H3/t10-,12+,14-,15+,29+,30-/m0/s1. The molecule has 3 fully saturated rings. The fraction of sp³-hybridized carbons (Fsp3) is 0.400. The van der Waals surface area contributed by atoms with Gasteiger partial charge in [0.2, 0.25) is 17.6 Å². The normalized spacial score (nSPS) is 30.1. The summed E-state index contributed by atoms with van der Waals surface area (Å²) in [5.41, 5.74) is -1.56. The number of fused-ring (bicyclic) bond motifs is 4. The highest BCUT2D eigenvalue weighted by Crippen LogP contribution is 2.67. The summed E-state index contributed by atoms with van der Waals surface area (Å²) in [5.74, 6) is -21.6. The fourth-order valence-electron chi connectivity index (χ4n) is 7.40. The number of rotatable bonds is 5. The van der Waals surface area contributed by atoms with Gasteiger partial charge in [0.15, 0.2) is 44.5 Å². The Kier molecular flexibility index (Phi) is 8.29. The van der Waals surface area contributed by atoms with Crippen molar-refractivity contribution < 1.29 is 51.0 Å². The molecule has 2 heterocycles. The van der Waals surface area contributed by atoms with Gasteiger partial charge in [-0.1, -0.05) is 18.6 Å². The van der Waals surface area contributed by atoms with E-state index in [4.69, 9.17) is 27.9 Å². The Morgan fingerprint density at radius 2 is 1.53 bits per heavy atom. The van der Waals surface area contributed by atoms with Crippen LogP contribution in [0.1, 0.15) is 37.7 Å². The number of phenolic OH excluding ortho intramolecular Hbond substituents is 1. The van der Waals surface area contributed by atoms with E-state index >= 15 is 8.78 Å². The quantitative estimate of drug-likeness (QED) is 0.0911. The van der Waals surface area contributed by atoms with Gasteiger partial charge in [0.05, 0.1) is 23.4 Å². The maximum atomic E-state index is 15.2. The van der Waals surface area contributed by atoms with Crippen LogP contribution in [0.4, 0.5) is 27.6 Å². The molecule has 1 saturated carbocycles. The molecule has 2 aliphatic carbocycles. The first-order valence-corrected chi connectivity index (χ1v) is 16.4. The van der Waals surface area contributed by atoms with Gasteiger partial charge >= 0.3 is 0 Å². The molecule has 8 nitrogen and oxygen atoms in total. The predicted molar refractivity (Wildman–Crippen MR) is 163 cm³/mol. The molecule has 2 aromatic rings. The average Bonchev–Trinajstić information content (AvgIpc) is 3.37. The van der Waals surface area contributed by atoms with Crippen LogP contribution in [0.25, 0.3) is 0 Å². The van der Waals surface area contributed by atoms with Crippen LogP contribution in [0, 0.1) is 46.8 Å². The molecule has 0 bridgehead atoms. The topological polar surface area (TPSA) is 104 Å². The summed E-state index contributed by atoms with van der Waals surface area (Å²) in [6, 6.07) is 1.26. The average molecular weight is 831 g/mol. The Bertz CT molecular complexity index is 1840. The number of carbonyl (C=O) groups is 4. The lowest BCUT2D eigenvalue weighted by molar-refractivity contribution is -0.140. The van der Waals surface area contributed by atoms with Crippen molar-refractivity contribution in [2.45, 2.75) is 41.9 Å². The van der Waals surface area contributed by atoms with Crippen LogP contribution in [0.15, 0.2) is 26.7 Å². The Morgan fingerprint density at radius 1 is 0.936 bits per heavy atom. The molecule has 4 aliphatic rings. The number of halogens is 9. The molecule has 2 saturated heterocycles. The molecular weight excluding hydrogens is 810 g/mol. The Morgan fingerprint density at radius 3 is 2.11 bits per heavy atom. The van der Waals surface area contributed by atoms with E-state index in [-0.39, 0.29) is 43.7 Å². The van der Waals surface area contributed by atoms with E-state index in [1.165, 1.54) is 13.2 Å². The SMILES string of the molecule is CCCN1C(=O)[C@H]2[C@H](CC=C3[C@H]2C[C@@]2(Cl)C(=O)N(c4c(F)c(F)c(F)c(F)c4F)C(=O)[C@@]2(Cl)[C@H]3c2cc(OC)c(O)c(Br)c2Br)C1=O. The van der Waals surface area contributed by atoms with E-state index in [2.05, 4.69) is 31.9 Å². The van der Waals surface area contributed by atoms with E-state index in [9.17, 15) is 37.5 Å². The fourth-order valence-corrected chi connectivity index (χ4v) is 9.28. The van der Waals surface area contributed by atoms with E-state index < -0.39 is 104 Å². The van der Waals surface area contributed by atoms with Crippen LogP contribution >= 0.6 is 55.1 Å². The number of aromatic hydroxyl groups is 1. The zero-order valence-corrected chi connectivity index (χ0v) is 28.8. The van der Waals surface area contributed by atoms with Crippen molar-refractivity contribution in [1.29, 1.82) is 0 Å². The summed E-state index contributed by atoms with van der Waals surface area (Å²) < 4.78 is 78.5. The van der Waals surface area contributed by atoms with Crippen molar-refractivity contribution in [1.82, 2.24) is 4.90 Å². The van der Waals surface area contributed by atoms with Gasteiger partial charge in [-0.15, -0.1) is 23.2 Å². The first-order valence-electron chi connectivity index (χ1n) is 14.1. The lowest BCUT2D eigenvalue weighted by atomic mass is 9.56. The van der Waals surface area contributed by atoms with E-state index in [1.807, 2.05) is 0 Å². The number of imide groups is 2. The third kappa shape index (κ3) is 4.27. The number of likely N-dealkylation sites (tertiary alicyclic amines) is 1. The van der Waals surface area contributed by atoms with Crippen molar-refractivity contribution >= 4 is 84.4 Å². The molecule has 4 amide bonds. The smallest absolute Gasteiger partial charge is 0.258 e. The molecule has 6 atom stereocenters. The molecule has 47 heavy (non-hydrogen) atoms. The summed E-state index contributed by atoms with van der Waals surface area (Å²) in [7, 11) is 1.22. The summed E-state index contributed by atoms with van der Waals surface area (Å²) in [5, 5.41) is 10.6. The molecule has 2 aliphatic heterocycles. The molecule has 1 N–H and O–H groups in total. The van der Waals surface area contributed by atoms with Crippen LogP contribution in [0.2, 0.25) is 0 Å². The highest BCUT2D eigenvalue weighted by molar-refractivity contribution is 9.13. The molecule has 0 spiro atoms. The van der Waals surface area contributed by atoms with Gasteiger partial charge in [0.1, 0.15) is 5.69 Å². The Hall–Kier alpha value is -2.75. The number of hydrogen-bond donors (Lipinski definition) is 1. The molecular formula is C30H21Br2Cl2F5N2O6. The summed E-state index contributed by atoms with van der Waals surface area (Å²) in [6.07, 6.45) is 1.42. The number of alkyl halides is 2. The first kappa shape index (κ1) is 34.1. The number of ether oxygens (including phenoxy) is 1. The van der Waals surface area contributed by atoms with E-state index in [0.29, 0.717) is 6.42 Å². The predicted octanol–water partition coefficient (Wildman–Crippen LogP) is 6.59. The molecule has 2 aromatic carbocycles. The van der Waals surface area contributed by atoms with Crippen LogP contribution in [-0.2, 0) is 19.2 Å². The largest absolute Gasteiger partial charge is 0.503 e. The monoisotopic (exact) mass is 828 g/mol. The molecule has 0 unspecified atom stereocenters. The van der Waals surface area contributed by atoms with Crippen LogP contribution in [0.5, 0.6) is 11.5 Å². The molecule has 0 aromatic heterocycles. The summed E-state index contributed by atoms with van der Waals surface area (Å²) >= 11 is 20.8. The van der Waals surface area contributed by atoms with Crippen LogP contribution in [0.3, 0.4) is 0 Å². The summed E-state index contributed by atoms with van der Waals surface area (Å²) in [6.45, 7) is 1.88. The number of methoxy groups -OCH3 is 1. The second-order valence-electron chi connectivity index (χ2n) is 11.7. The first-order chi connectivity index (χ1) is 22.0. The van der Waals surface area contributed by atoms with Crippen LogP contribution < -0.4 is 9.64 Å². The zero-order chi connectivity index (χ0) is 34.7. The van der Waals surface area contributed by atoms with Crippen molar-refractivity contribution in [3.63, 3.8) is 0 Å². The maximum Gasteiger partial charge on any atom is 0.258 e. The third-order valence-corrected chi connectivity index (χ3v) is 13.0. The van der Waals surface area contributed by atoms with Gasteiger partial charge in [-0.2, -0.15) is 0 Å². The minimum Gasteiger partial charge on any atom is -0.503 e. The van der Waals surface area contributed by atoms with Gasteiger partial charge in [0.25, 0.3) is 11.8 Å². The van der Waals surface area contributed by atoms with Crippen LogP contribution in [-0.4, -0.2) is 57.0 Å². The van der Waals surface area contributed by atoms with Crippen molar-refractivity contribution in [3.05, 3.63) is 61.3 Å². The minimum atomic E-state index is -2.72. The lowest BCUT2D eigenvalue weighted by Gasteiger charge is -2.51. The number of allylic oxidation sites excluding steroid dienone is 2. The van der Waals surface area contributed by atoms with Gasteiger partial charge in [-0.3, -0.25) is 24.1 Å². The number of phenols is 1. The van der Waals surface area contributed by atoms with Gasteiger partial charge < -0.3 is 9.84 Å². The number of hydrogen-bond acceptors (Lipinski definition) is 6.